The van der Waals surface area contributed by atoms with Gasteiger partial charge in [0.25, 0.3) is 0 Å². The molecule has 0 radical (unpaired) electrons. The lowest BCUT2D eigenvalue weighted by Gasteiger charge is -1.91. The third-order valence-electron chi connectivity index (χ3n) is 2.10. The summed E-state index contributed by atoms with van der Waals surface area (Å²) in [6.45, 7) is 0. The van der Waals surface area contributed by atoms with E-state index >= 15 is 0 Å². The van der Waals surface area contributed by atoms with E-state index < -0.39 is 0 Å². The van der Waals surface area contributed by atoms with Crippen LogP contribution in [0.15, 0.2) is 30.3 Å². The Balaban J connectivity index is 2.34. The van der Waals surface area contributed by atoms with E-state index in [-0.39, 0.29) is 5.78 Å². The van der Waals surface area contributed by atoms with Crippen molar-refractivity contribution in [3.63, 3.8) is 0 Å². The van der Waals surface area contributed by atoms with Crippen molar-refractivity contribution in [2.24, 2.45) is 0 Å². The lowest BCUT2D eigenvalue weighted by atomic mass is 10.1. The molecule has 0 aliphatic rings. The van der Waals surface area contributed by atoms with Crippen molar-refractivity contribution >= 4 is 12.1 Å². The van der Waals surface area contributed by atoms with Crippen LogP contribution < -0.4 is 0 Å². The van der Waals surface area contributed by atoms with E-state index in [4.69, 9.17) is 0 Å². The summed E-state index contributed by atoms with van der Waals surface area (Å²) < 4.78 is 0. The SMILES string of the molecule is O=CCCCCC(=O)C#Cc1ccccc1. The molecule has 0 aliphatic heterocycles. The van der Waals surface area contributed by atoms with Crippen LogP contribution in [0.2, 0.25) is 0 Å². The number of ketones is 1. The van der Waals surface area contributed by atoms with Crippen LogP contribution in [-0.2, 0) is 9.59 Å². The molecular weight excluding hydrogens is 200 g/mol. The minimum Gasteiger partial charge on any atom is -0.303 e. The maximum Gasteiger partial charge on any atom is 0.205 e. The Morgan fingerprint density at radius 3 is 2.62 bits per heavy atom. The first-order chi connectivity index (χ1) is 7.83. The Labute approximate surface area is 95.7 Å². The molecule has 0 fully saturated rings. The quantitative estimate of drug-likeness (QED) is 0.428. The fourth-order valence-corrected chi connectivity index (χ4v) is 1.24. The first kappa shape index (κ1) is 12.2. The van der Waals surface area contributed by atoms with Gasteiger partial charge in [-0.1, -0.05) is 24.1 Å². The standard InChI is InChI=1S/C14H14O2/c15-12-6-2-5-9-14(16)11-10-13-7-3-1-4-8-13/h1,3-4,7-8,12H,2,5-6,9H2. The van der Waals surface area contributed by atoms with Crippen LogP contribution in [0.5, 0.6) is 0 Å². The molecule has 82 valence electrons. The van der Waals surface area contributed by atoms with Crippen LogP contribution in [0.25, 0.3) is 0 Å². The molecule has 0 heterocycles. The summed E-state index contributed by atoms with van der Waals surface area (Å²) in [5, 5.41) is 0. The molecule has 0 amide bonds. The van der Waals surface area contributed by atoms with Gasteiger partial charge in [0.1, 0.15) is 6.29 Å². The first-order valence-electron chi connectivity index (χ1n) is 5.36. The summed E-state index contributed by atoms with van der Waals surface area (Å²) in [5.41, 5.74) is 0.851. The highest BCUT2D eigenvalue weighted by atomic mass is 16.1. The van der Waals surface area contributed by atoms with Crippen LogP contribution in [0.1, 0.15) is 31.2 Å². The zero-order chi connectivity index (χ0) is 11.6. The minimum absolute atomic E-state index is 0.0604. The highest BCUT2D eigenvalue weighted by molar-refractivity contribution is 5.95. The van der Waals surface area contributed by atoms with Crippen molar-refractivity contribution in [3.05, 3.63) is 35.9 Å². The van der Waals surface area contributed by atoms with Gasteiger partial charge in [-0.3, -0.25) is 4.79 Å². The summed E-state index contributed by atoms with van der Waals surface area (Å²) in [5.74, 6) is 5.35. The second-order valence-electron chi connectivity index (χ2n) is 3.45. The number of carbonyl (C=O) groups is 2. The topological polar surface area (TPSA) is 34.1 Å². The van der Waals surface area contributed by atoms with Crippen molar-refractivity contribution in [1.29, 1.82) is 0 Å². The van der Waals surface area contributed by atoms with Crippen LogP contribution in [0, 0.1) is 11.8 Å². The Morgan fingerprint density at radius 1 is 1.19 bits per heavy atom. The molecule has 0 saturated heterocycles. The van der Waals surface area contributed by atoms with E-state index in [9.17, 15) is 9.59 Å². The van der Waals surface area contributed by atoms with Crippen LogP contribution in [-0.4, -0.2) is 12.1 Å². The maximum absolute atomic E-state index is 11.3. The third kappa shape index (κ3) is 5.11. The zero-order valence-corrected chi connectivity index (χ0v) is 9.11. The van der Waals surface area contributed by atoms with Gasteiger partial charge >= 0.3 is 0 Å². The predicted octanol–water partition coefficient (Wildman–Crippen LogP) is 2.37. The van der Waals surface area contributed by atoms with Gasteiger partial charge in [-0.2, -0.15) is 0 Å². The van der Waals surface area contributed by atoms with Crippen LogP contribution in [0.4, 0.5) is 0 Å². The van der Waals surface area contributed by atoms with E-state index in [1.165, 1.54) is 0 Å². The number of hydrogen-bond acceptors (Lipinski definition) is 2. The van der Waals surface area contributed by atoms with Crippen molar-refractivity contribution in [3.8, 4) is 11.8 Å². The molecule has 1 aromatic carbocycles. The largest absolute Gasteiger partial charge is 0.303 e. The van der Waals surface area contributed by atoms with Crippen LogP contribution in [0.3, 0.4) is 0 Å². The molecule has 0 bridgehead atoms. The van der Waals surface area contributed by atoms with E-state index in [2.05, 4.69) is 11.8 Å². The molecule has 2 nitrogen and oxygen atoms in total. The van der Waals surface area contributed by atoms with Crippen molar-refractivity contribution in [1.82, 2.24) is 0 Å². The average molecular weight is 214 g/mol. The zero-order valence-electron chi connectivity index (χ0n) is 9.11. The van der Waals surface area contributed by atoms with Gasteiger partial charge in [-0.25, -0.2) is 0 Å². The number of Topliss-reactive ketones (excluding diaryl/α,β-unsaturated/α-hetero) is 1. The molecule has 0 N–H and O–H groups in total. The summed E-state index contributed by atoms with van der Waals surface area (Å²) in [7, 11) is 0. The summed E-state index contributed by atoms with van der Waals surface area (Å²) in [6, 6.07) is 9.42. The maximum atomic E-state index is 11.3. The molecular formula is C14H14O2. The molecule has 0 aliphatic carbocycles. The first-order valence-corrected chi connectivity index (χ1v) is 5.36. The lowest BCUT2D eigenvalue weighted by Crippen LogP contribution is -1.93. The Bertz CT molecular complexity index is 396. The Hall–Kier alpha value is -1.88. The van der Waals surface area contributed by atoms with Gasteiger partial charge in [0.05, 0.1) is 0 Å². The molecule has 1 aromatic rings. The summed E-state index contributed by atoms with van der Waals surface area (Å²) in [6.07, 6.45) is 3.34. The average Bonchev–Trinajstić information content (AvgIpc) is 2.33. The van der Waals surface area contributed by atoms with Gasteiger partial charge < -0.3 is 4.79 Å². The molecule has 0 spiro atoms. The van der Waals surface area contributed by atoms with E-state index in [1.807, 2.05) is 30.3 Å². The fourth-order valence-electron chi connectivity index (χ4n) is 1.24. The minimum atomic E-state index is -0.0604. The van der Waals surface area contributed by atoms with E-state index in [0.29, 0.717) is 12.8 Å². The van der Waals surface area contributed by atoms with Gasteiger partial charge in [-0.05, 0) is 30.9 Å². The monoisotopic (exact) mass is 214 g/mol. The molecule has 0 atom stereocenters. The van der Waals surface area contributed by atoms with Crippen molar-refractivity contribution < 1.29 is 9.59 Å². The third-order valence-corrected chi connectivity index (χ3v) is 2.10. The van der Waals surface area contributed by atoms with Gasteiger partial charge in [0.2, 0.25) is 5.78 Å². The summed E-state index contributed by atoms with van der Waals surface area (Å²) >= 11 is 0. The number of benzene rings is 1. The molecule has 2 heteroatoms. The molecule has 0 saturated carbocycles. The highest BCUT2D eigenvalue weighted by Gasteiger charge is 1.96. The second-order valence-corrected chi connectivity index (χ2v) is 3.45. The number of hydrogen-bond donors (Lipinski definition) is 0. The van der Waals surface area contributed by atoms with Crippen molar-refractivity contribution in [2.45, 2.75) is 25.7 Å². The molecule has 16 heavy (non-hydrogen) atoms. The lowest BCUT2D eigenvalue weighted by molar-refractivity contribution is -0.114. The highest BCUT2D eigenvalue weighted by Crippen LogP contribution is 1.99. The van der Waals surface area contributed by atoms with Gasteiger partial charge in [0, 0.05) is 18.4 Å². The van der Waals surface area contributed by atoms with Crippen LogP contribution >= 0.6 is 0 Å². The molecule has 0 aromatic heterocycles. The molecule has 0 unspecified atom stereocenters. The number of aldehydes is 1. The van der Waals surface area contributed by atoms with E-state index in [1.54, 1.807) is 0 Å². The fraction of sp³-hybridized carbons (Fsp3) is 0.286. The molecule has 1 rings (SSSR count). The second kappa shape index (κ2) is 7.42. The predicted molar refractivity (Wildman–Crippen MR) is 62.9 cm³/mol. The number of rotatable bonds is 5. The van der Waals surface area contributed by atoms with E-state index in [0.717, 1.165) is 24.7 Å². The normalized spacial score (nSPS) is 9.00. The summed E-state index contributed by atoms with van der Waals surface area (Å²) in [4.78, 5) is 21.4. The Morgan fingerprint density at radius 2 is 1.94 bits per heavy atom. The Kier molecular flexibility index (Phi) is 5.65. The number of unbranched alkanes of at least 4 members (excludes halogenated alkanes) is 2. The van der Waals surface area contributed by atoms with Gasteiger partial charge in [-0.15, -0.1) is 0 Å². The van der Waals surface area contributed by atoms with Gasteiger partial charge in [0.15, 0.2) is 0 Å². The number of carbonyl (C=O) groups excluding carboxylic acids is 2. The van der Waals surface area contributed by atoms with Crippen molar-refractivity contribution in [2.75, 3.05) is 0 Å². The smallest absolute Gasteiger partial charge is 0.205 e.